The molecule has 4 nitrogen and oxygen atoms in total. The molecule has 0 spiro atoms. The van der Waals surface area contributed by atoms with E-state index in [-0.39, 0.29) is 11.4 Å². The molecule has 0 aliphatic rings. The first-order valence-electron chi connectivity index (χ1n) is 9.36. The molecule has 0 aliphatic carbocycles. The highest BCUT2D eigenvalue weighted by Gasteiger charge is 2.20. The molecule has 0 radical (unpaired) electrons. The molecule has 2 aromatic carbocycles. The quantitative estimate of drug-likeness (QED) is 0.494. The summed E-state index contributed by atoms with van der Waals surface area (Å²) in [5, 5.41) is 0. The van der Waals surface area contributed by atoms with Crippen LogP contribution in [0.15, 0.2) is 36.4 Å². The average molecular weight is 370 g/mol. The zero-order valence-electron chi connectivity index (χ0n) is 17.2. The Balaban J connectivity index is 2.05. The third-order valence-corrected chi connectivity index (χ3v) is 4.31. The van der Waals surface area contributed by atoms with Gasteiger partial charge in [-0.15, -0.1) is 0 Å². The maximum absolute atomic E-state index is 12.4. The van der Waals surface area contributed by atoms with Gasteiger partial charge in [0.1, 0.15) is 5.75 Å². The molecule has 0 atom stereocenters. The number of methoxy groups -OCH3 is 1. The van der Waals surface area contributed by atoms with E-state index in [2.05, 4.69) is 26.8 Å². The molecule has 0 aliphatic heterocycles. The normalized spacial score (nSPS) is 11.2. The fourth-order valence-electron chi connectivity index (χ4n) is 2.88. The number of hydrogen-bond acceptors (Lipinski definition) is 4. The van der Waals surface area contributed by atoms with Crippen LogP contribution in [0, 0.1) is 6.92 Å². The minimum atomic E-state index is -0.239. The van der Waals surface area contributed by atoms with Gasteiger partial charge in [0, 0.05) is 12.0 Å². The Morgan fingerprint density at radius 1 is 1.00 bits per heavy atom. The minimum absolute atomic E-state index is 0.0931. The monoisotopic (exact) mass is 370 g/mol. The van der Waals surface area contributed by atoms with Gasteiger partial charge in [0.05, 0.1) is 13.7 Å². The van der Waals surface area contributed by atoms with Crippen molar-refractivity contribution in [2.45, 2.75) is 52.9 Å². The minimum Gasteiger partial charge on any atom is -0.493 e. The highest BCUT2D eigenvalue weighted by Crippen LogP contribution is 2.32. The van der Waals surface area contributed by atoms with Crippen LogP contribution in [0.2, 0.25) is 0 Å². The summed E-state index contributed by atoms with van der Waals surface area (Å²) in [5.41, 5.74) is 3.11. The van der Waals surface area contributed by atoms with Crippen LogP contribution in [0.25, 0.3) is 0 Å². The number of aryl methyl sites for hydroxylation is 2. The molecule has 0 saturated carbocycles. The second kappa shape index (κ2) is 8.94. The maximum atomic E-state index is 12.4. The van der Waals surface area contributed by atoms with Crippen LogP contribution in [-0.2, 0) is 16.6 Å². The summed E-state index contributed by atoms with van der Waals surface area (Å²) in [6, 6.07) is 11.7. The Bertz CT molecular complexity index is 787. The molecule has 27 heavy (non-hydrogen) atoms. The van der Waals surface area contributed by atoms with E-state index in [9.17, 15) is 4.79 Å². The summed E-state index contributed by atoms with van der Waals surface area (Å²) in [5.74, 6) is 1.79. The van der Waals surface area contributed by atoms with Gasteiger partial charge in [-0.2, -0.15) is 0 Å². The standard InChI is InChI=1S/C23H30O4/c1-7-26-20-12-9-17(15-21(20)25-6)10-13-22(24)27-19-11-8-16(2)14-18(19)23(3,4)5/h8-9,11-12,14-15H,7,10,13H2,1-6H3. The number of carbonyl (C=O) groups excluding carboxylic acids is 1. The molecule has 2 rings (SSSR count). The van der Waals surface area contributed by atoms with Gasteiger partial charge in [0.25, 0.3) is 0 Å². The fourth-order valence-corrected chi connectivity index (χ4v) is 2.88. The molecule has 0 aromatic heterocycles. The van der Waals surface area contributed by atoms with Crippen molar-refractivity contribution in [3.63, 3.8) is 0 Å². The predicted octanol–water partition coefficient (Wildman–Crippen LogP) is 5.24. The van der Waals surface area contributed by atoms with Gasteiger partial charge in [0.2, 0.25) is 0 Å². The molecule has 0 bridgehead atoms. The summed E-state index contributed by atoms with van der Waals surface area (Å²) >= 11 is 0. The Hall–Kier alpha value is -2.49. The van der Waals surface area contributed by atoms with Crippen molar-refractivity contribution in [2.24, 2.45) is 0 Å². The number of hydrogen-bond donors (Lipinski definition) is 0. The largest absolute Gasteiger partial charge is 0.493 e. The van der Waals surface area contributed by atoms with Crippen molar-refractivity contribution in [1.29, 1.82) is 0 Å². The number of carbonyl (C=O) groups is 1. The van der Waals surface area contributed by atoms with Gasteiger partial charge < -0.3 is 14.2 Å². The number of esters is 1. The van der Waals surface area contributed by atoms with Crippen molar-refractivity contribution < 1.29 is 19.0 Å². The van der Waals surface area contributed by atoms with E-state index < -0.39 is 0 Å². The third kappa shape index (κ3) is 5.75. The zero-order valence-corrected chi connectivity index (χ0v) is 17.2. The molecular weight excluding hydrogens is 340 g/mol. The van der Waals surface area contributed by atoms with E-state index in [1.165, 1.54) is 0 Å². The van der Waals surface area contributed by atoms with Crippen LogP contribution in [0.4, 0.5) is 0 Å². The molecule has 0 N–H and O–H groups in total. The summed E-state index contributed by atoms with van der Waals surface area (Å²) in [7, 11) is 1.61. The van der Waals surface area contributed by atoms with E-state index >= 15 is 0 Å². The molecule has 4 heteroatoms. The molecular formula is C23H30O4. The predicted molar refractivity (Wildman–Crippen MR) is 108 cm³/mol. The van der Waals surface area contributed by atoms with E-state index in [0.717, 1.165) is 16.7 Å². The van der Waals surface area contributed by atoms with Crippen LogP contribution >= 0.6 is 0 Å². The van der Waals surface area contributed by atoms with Crippen molar-refractivity contribution in [2.75, 3.05) is 13.7 Å². The highest BCUT2D eigenvalue weighted by atomic mass is 16.5. The van der Waals surface area contributed by atoms with Gasteiger partial charge in [-0.05, 0) is 49.4 Å². The van der Waals surface area contributed by atoms with Crippen LogP contribution in [0.5, 0.6) is 17.2 Å². The van der Waals surface area contributed by atoms with Gasteiger partial charge in [-0.3, -0.25) is 4.79 Å². The maximum Gasteiger partial charge on any atom is 0.311 e. The summed E-state index contributed by atoms with van der Waals surface area (Å²) in [6.45, 7) is 10.9. The van der Waals surface area contributed by atoms with Gasteiger partial charge in [-0.1, -0.05) is 44.5 Å². The Labute approximate surface area is 162 Å². The second-order valence-corrected chi connectivity index (χ2v) is 7.64. The lowest BCUT2D eigenvalue weighted by atomic mass is 9.85. The third-order valence-electron chi connectivity index (χ3n) is 4.31. The first kappa shape index (κ1) is 20.8. The number of rotatable bonds is 7. The zero-order chi connectivity index (χ0) is 20.0. The van der Waals surface area contributed by atoms with Crippen molar-refractivity contribution in [1.82, 2.24) is 0 Å². The van der Waals surface area contributed by atoms with E-state index in [1.807, 2.05) is 44.2 Å². The SMILES string of the molecule is CCOc1ccc(CCC(=O)Oc2ccc(C)cc2C(C)(C)C)cc1OC. The topological polar surface area (TPSA) is 44.8 Å². The average Bonchev–Trinajstić information content (AvgIpc) is 2.61. The van der Waals surface area contributed by atoms with Crippen molar-refractivity contribution in [3.05, 3.63) is 53.1 Å². The summed E-state index contributed by atoms with van der Waals surface area (Å²) in [6.07, 6.45) is 0.882. The van der Waals surface area contributed by atoms with Crippen molar-refractivity contribution >= 4 is 5.97 Å². The van der Waals surface area contributed by atoms with E-state index in [4.69, 9.17) is 14.2 Å². The smallest absolute Gasteiger partial charge is 0.311 e. The highest BCUT2D eigenvalue weighted by molar-refractivity contribution is 5.73. The van der Waals surface area contributed by atoms with Gasteiger partial charge in [0.15, 0.2) is 11.5 Å². The lowest BCUT2D eigenvalue weighted by Gasteiger charge is -2.22. The Kier molecular flexibility index (Phi) is 6.89. The Morgan fingerprint density at radius 3 is 2.33 bits per heavy atom. The van der Waals surface area contributed by atoms with Crippen LogP contribution < -0.4 is 14.2 Å². The van der Waals surface area contributed by atoms with Crippen LogP contribution in [-0.4, -0.2) is 19.7 Å². The van der Waals surface area contributed by atoms with Gasteiger partial charge >= 0.3 is 5.97 Å². The molecule has 146 valence electrons. The van der Waals surface area contributed by atoms with E-state index in [1.54, 1.807) is 7.11 Å². The van der Waals surface area contributed by atoms with Crippen LogP contribution in [0.1, 0.15) is 50.8 Å². The van der Waals surface area contributed by atoms with E-state index in [0.29, 0.717) is 36.7 Å². The van der Waals surface area contributed by atoms with Gasteiger partial charge in [-0.25, -0.2) is 0 Å². The number of ether oxygens (including phenoxy) is 3. The lowest BCUT2D eigenvalue weighted by Crippen LogP contribution is -2.17. The molecule has 0 fully saturated rings. The molecule has 0 saturated heterocycles. The first-order valence-corrected chi connectivity index (χ1v) is 9.36. The first-order chi connectivity index (χ1) is 12.7. The van der Waals surface area contributed by atoms with Crippen LogP contribution in [0.3, 0.4) is 0 Å². The second-order valence-electron chi connectivity index (χ2n) is 7.64. The molecule has 0 unspecified atom stereocenters. The Morgan fingerprint density at radius 2 is 1.70 bits per heavy atom. The van der Waals surface area contributed by atoms with Crippen molar-refractivity contribution in [3.8, 4) is 17.2 Å². The molecule has 0 amide bonds. The summed E-state index contributed by atoms with van der Waals surface area (Å²) in [4.78, 5) is 12.4. The molecule has 2 aromatic rings. The summed E-state index contributed by atoms with van der Waals surface area (Å²) < 4.78 is 16.6. The number of benzene rings is 2. The lowest BCUT2D eigenvalue weighted by molar-refractivity contribution is -0.134. The fraction of sp³-hybridized carbons (Fsp3) is 0.435. The molecule has 0 heterocycles.